The van der Waals surface area contributed by atoms with Gasteiger partial charge in [-0.25, -0.2) is 0 Å². The largest absolute Gasteiger partial charge is 0.496 e. The number of ether oxygens (including phenoxy) is 1. The number of benzene rings is 1. The molecule has 0 aliphatic rings. The summed E-state index contributed by atoms with van der Waals surface area (Å²) < 4.78 is 75.0. The topological polar surface area (TPSA) is 43.4 Å². The van der Waals surface area contributed by atoms with E-state index in [2.05, 4.69) is 4.74 Å². The molecule has 0 fully saturated rings. The SMILES string of the molecule is COc1ccc(S(=O)(=O)F)cc1C(F)(F)F. The number of halogens is 4. The number of rotatable bonds is 2. The van der Waals surface area contributed by atoms with Crippen molar-refractivity contribution in [2.75, 3.05) is 7.11 Å². The molecule has 0 atom stereocenters. The predicted molar refractivity (Wildman–Crippen MR) is 46.3 cm³/mol. The minimum absolute atomic E-state index is 0.189. The van der Waals surface area contributed by atoms with Gasteiger partial charge in [-0.3, -0.25) is 0 Å². The van der Waals surface area contributed by atoms with Gasteiger partial charge in [0.2, 0.25) is 0 Å². The van der Waals surface area contributed by atoms with Crippen LogP contribution in [0.25, 0.3) is 0 Å². The Morgan fingerprint density at radius 2 is 1.81 bits per heavy atom. The van der Waals surface area contributed by atoms with E-state index in [1.807, 2.05) is 0 Å². The Hall–Kier alpha value is -1.31. The molecule has 0 spiro atoms. The Morgan fingerprint density at radius 3 is 2.19 bits per heavy atom. The molecule has 0 radical (unpaired) electrons. The highest BCUT2D eigenvalue weighted by molar-refractivity contribution is 7.86. The molecular weight excluding hydrogens is 252 g/mol. The van der Waals surface area contributed by atoms with Gasteiger partial charge >= 0.3 is 16.4 Å². The lowest BCUT2D eigenvalue weighted by Crippen LogP contribution is -2.08. The lowest BCUT2D eigenvalue weighted by atomic mass is 10.2. The van der Waals surface area contributed by atoms with E-state index in [0.29, 0.717) is 6.07 Å². The van der Waals surface area contributed by atoms with Crippen molar-refractivity contribution in [3.8, 4) is 5.75 Å². The molecule has 1 aromatic carbocycles. The molecule has 0 heterocycles. The third-order valence-electron chi connectivity index (χ3n) is 1.76. The summed E-state index contributed by atoms with van der Waals surface area (Å²) >= 11 is 0. The van der Waals surface area contributed by atoms with Crippen molar-refractivity contribution in [2.45, 2.75) is 11.1 Å². The third-order valence-corrected chi connectivity index (χ3v) is 2.57. The van der Waals surface area contributed by atoms with Crippen LogP contribution in [0.1, 0.15) is 5.56 Å². The maximum atomic E-state index is 12.5. The van der Waals surface area contributed by atoms with E-state index in [9.17, 15) is 25.5 Å². The van der Waals surface area contributed by atoms with E-state index in [0.717, 1.165) is 13.2 Å². The van der Waals surface area contributed by atoms with Crippen molar-refractivity contribution in [2.24, 2.45) is 0 Å². The van der Waals surface area contributed by atoms with Crippen LogP contribution in [0, 0.1) is 0 Å². The standard InChI is InChI=1S/C8H6F4O3S/c1-15-7-3-2-5(16(12,13)14)4-6(7)8(9,10)11/h2-4H,1H3. The van der Waals surface area contributed by atoms with Crippen LogP contribution in [-0.2, 0) is 16.4 Å². The fourth-order valence-corrected chi connectivity index (χ4v) is 1.55. The van der Waals surface area contributed by atoms with Crippen molar-refractivity contribution >= 4 is 10.2 Å². The number of alkyl halides is 3. The molecule has 0 saturated carbocycles. The van der Waals surface area contributed by atoms with Crippen LogP contribution in [0.3, 0.4) is 0 Å². The van der Waals surface area contributed by atoms with Crippen molar-refractivity contribution in [1.82, 2.24) is 0 Å². The van der Waals surface area contributed by atoms with Crippen LogP contribution >= 0.6 is 0 Å². The average Bonchev–Trinajstić information content (AvgIpc) is 2.14. The first-order valence-electron chi connectivity index (χ1n) is 3.86. The minimum Gasteiger partial charge on any atom is -0.496 e. The van der Waals surface area contributed by atoms with E-state index in [1.165, 1.54) is 0 Å². The van der Waals surface area contributed by atoms with Gasteiger partial charge in [0.1, 0.15) is 5.75 Å². The number of hydrogen-bond donors (Lipinski definition) is 0. The Morgan fingerprint density at radius 1 is 1.25 bits per heavy atom. The van der Waals surface area contributed by atoms with Gasteiger partial charge in [-0.1, -0.05) is 0 Å². The van der Waals surface area contributed by atoms with E-state index < -0.39 is 32.6 Å². The van der Waals surface area contributed by atoms with Crippen molar-refractivity contribution in [3.05, 3.63) is 23.8 Å². The van der Waals surface area contributed by atoms with Crippen LogP contribution in [0.5, 0.6) is 5.75 Å². The normalized spacial score (nSPS) is 12.6. The van der Waals surface area contributed by atoms with Gasteiger partial charge in [-0.2, -0.15) is 21.6 Å². The second kappa shape index (κ2) is 3.93. The summed E-state index contributed by atoms with van der Waals surface area (Å²) in [5.41, 5.74) is -1.34. The molecule has 0 saturated heterocycles. The minimum atomic E-state index is -5.17. The molecule has 0 aromatic heterocycles. The summed E-state index contributed by atoms with van der Waals surface area (Å²) in [5, 5.41) is 0. The molecule has 16 heavy (non-hydrogen) atoms. The molecular formula is C8H6F4O3S. The van der Waals surface area contributed by atoms with Crippen LogP contribution in [0.2, 0.25) is 0 Å². The first kappa shape index (κ1) is 12.8. The summed E-state index contributed by atoms with van der Waals surface area (Å²) in [6.45, 7) is 0. The van der Waals surface area contributed by atoms with Crippen LogP contribution in [-0.4, -0.2) is 15.5 Å². The molecule has 1 aromatic rings. The zero-order chi connectivity index (χ0) is 12.6. The highest BCUT2D eigenvalue weighted by Gasteiger charge is 2.35. The zero-order valence-electron chi connectivity index (χ0n) is 7.88. The van der Waals surface area contributed by atoms with Crippen LogP contribution in [0.15, 0.2) is 23.1 Å². The summed E-state index contributed by atoms with van der Waals surface area (Å²) in [5.74, 6) is -0.570. The Bertz CT molecular complexity index is 492. The summed E-state index contributed by atoms with van der Waals surface area (Å²) in [7, 11) is -4.17. The lowest BCUT2D eigenvalue weighted by Gasteiger charge is -2.12. The fourth-order valence-electron chi connectivity index (χ4n) is 1.06. The Labute approximate surface area is 88.9 Å². The second-order valence-corrected chi connectivity index (χ2v) is 4.14. The van der Waals surface area contributed by atoms with Crippen molar-refractivity contribution in [1.29, 1.82) is 0 Å². The number of methoxy groups -OCH3 is 1. The van der Waals surface area contributed by atoms with Gasteiger partial charge in [0.15, 0.2) is 0 Å². The van der Waals surface area contributed by atoms with E-state index in [4.69, 9.17) is 0 Å². The molecule has 3 nitrogen and oxygen atoms in total. The monoisotopic (exact) mass is 258 g/mol. The maximum absolute atomic E-state index is 12.5. The van der Waals surface area contributed by atoms with Gasteiger partial charge in [0, 0.05) is 0 Å². The third kappa shape index (κ3) is 2.63. The first-order chi connectivity index (χ1) is 7.16. The van der Waals surface area contributed by atoms with Crippen molar-refractivity contribution in [3.63, 3.8) is 0 Å². The molecule has 8 heteroatoms. The highest BCUT2D eigenvalue weighted by atomic mass is 32.3. The van der Waals surface area contributed by atoms with E-state index in [1.54, 1.807) is 0 Å². The molecule has 0 N–H and O–H groups in total. The summed E-state index contributed by atoms with van der Waals surface area (Å²) in [6, 6.07) is 1.63. The predicted octanol–water partition coefficient (Wildman–Crippen LogP) is 2.37. The van der Waals surface area contributed by atoms with Crippen molar-refractivity contribution < 1.29 is 30.2 Å². The molecule has 0 unspecified atom stereocenters. The summed E-state index contributed by atoms with van der Waals surface area (Å²) in [6.07, 6.45) is -4.81. The maximum Gasteiger partial charge on any atom is 0.420 e. The fraction of sp³-hybridized carbons (Fsp3) is 0.250. The van der Waals surface area contributed by atoms with Crippen LogP contribution < -0.4 is 4.74 Å². The van der Waals surface area contributed by atoms with Gasteiger partial charge in [-0.15, -0.1) is 3.89 Å². The highest BCUT2D eigenvalue weighted by Crippen LogP contribution is 2.37. The zero-order valence-corrected chi connectivity index (χ0v) is 8.69. The summed E-state index contributed by atoms with van der Waals surface area (Å²) in [4.78, 5) is -1.05. The Kier molecular flexibility index (Phi) is 3.13. The van der Waals surface area contributed by atoms with Gasteiger partial charge in [0.05, 0.1) is 17.6 Å². The second-order valence-electron chi connectivity index (χ2n) is 2.80. The number of hydrogen-bond acceptors (Lipinski definition) is 3. The molecule has 0 amide bonds. The van der Waals surface area contributed by atoms with Crippen LogP contribution in [0.4, 0.5) is 17.1 Å². The first-order valence-corrected chi connectivity index (χ1v) is 5.24. The molecule has 0 aliphatic carbocycles. The molecule has 1 rings (SSSR count). The molecule has 0 aliphatic heterocycles. The van der Waals surface area contributed by atoms with E-state index in [-0.39, 0.29) is 6.07 Å². The van der Waals surface area contributed by atoms with Gasteiger partial charge < -0.3 is 4.74 Å². The quantitative estimate of drug-likeness (QED) is 0.604. The van der Waals surface area contributed by atoms with Gasteiger partial charge in [-0.05, 0) is 18.2 Å². The smallest absolute Gasteiger partial charge is 0.420 e. The van der Waals surface area contributed by atoms with Gasteiger partial charge in [0.25, 0.3) is 0 Å². The average molecular weight is 258 g/mol. The Balaban J connectivity index is 3.45. The molecule has 90 valence electrons. The lowest BCUT2D eigenvalue weighted by molar-refractivity contribution is -0.138. The van der Waals surface area contributed by atoms with E-state index >= 15 is 0 Å². The molecule has 0 bridgehead atoms.